The maximum absolute atomic E-state index is 13.8. The third-order valence-corrected chi connectivity index (χ3v) is 5.08. The molecule has 29 heavy (non-hydrogen) atoms. The Labute approximate surface area is 167 Å². The van der Waals surface area contributed by atoms with Crippen molar-refractivity contribution in [3.63, 3.8) is 0 Å². The predicted octanol–water partition coefficient (Wildman–Crippen LogP) is 1.61. The van der Waals surface area contributed by atoms with Crippen molar-refractivity contribution in [2.45, 2.75) is 31.5 Å². The van der Waals surface area contributed by atoms with Gasteiger partial charge in [-0.1, -0.05) is 24.3 Å². The van der Waals surface area contributed by atoms with Crippen molar-refractivity contribution in [3.05, 3.63) is 77.1 Å². The number of carbonyl (C=O) groups excluding carboxylic acids is 2. The summed E-state index contributed by atoms with van der Waals surface area (Å²) in [7, 11) is 1.34. The number of hydrogen-bond donors (Lipinski definition) is 1. The average molecular weight is 398 g/mol. The first-order valence-corrected chi connectivity index (χ1v) is 9.09. The topological polar surface area (TPSA) is 89.9 Å². The molecule has 152 valence electrons. The van der Waals surface area contributed by atoms with Crippen LogP contribution in [0.4, 0.5) is 4.39 Å². The minimum Gasteiger partial charge on any atom is -0.545 e. The van der Waals surface area contributed by atoms with Gasteiger partial charge in [-0.05, 0) is 38.1 Å². The number of hydrogen-bond acceptors (Lipinski definition) is 5. The van der Waals surface area contributed by atoms with Crippen LogP contribution in [-0.4, -0.2) is 41.1 Å². The molecule has 2 aromatic rings. The van der Waals surface area contributed by atoms with Crippen LogP contribution in [-0.2, 0) is 10.4 Å². The molecule has 0 fully saturated rings. The lowest BCUT2D eigenvalue weighted by Crippen LogP contribution is -2.59. The summed E-state index contributed by atoms with van der Waals surface area (Å²) >= 11 is 0. The van der Waals surface area contributed by atoms with Gasteiger partial charge in [0.2, 0.25) is 0 Å². The summed E-state index contributed by atoms with van der Waals surface area (Å²) in [5.41, 5.74) is -1.13. The van der Waals surface area contributed by atoms with Gasteiger partial charge in [-0.3, -0.25) is 4.79 Å². The molecular weight excluding hydrogens is 377 g/mol. The molecule has 2 unspecified atom stereocenters. The zero-order chi connectivity index (χ0) is 21.3. The molecule has 1 heterocycles. The van der Waals surface area contributed by atoms with Gasteiger partial charge in [0.25, 0.3) is 5.91 Å². The van der Waals surface area contributed by atoms with Crippen molar-refractivity contribution in [2.75, 3.05) is 7.11 Å². The van der Waals surface area contributed by atoms with Gasteiger partial charge >= 0.3 is 0 Å². The highest BCUT2D eigenvalue weighted by atomic mass is 19.1. The van der Waals surface area contributed by atoms with Gasteiger partial charge in [-0.2, -0.15) is 0 Å². The molecule has 0 aliphatic carbocycles. The minimum atomic E-state index is -1.89. The Kier molecular flexibility index (Phi) is 5.44. The summed E-state index contributed by atoms with van der Waals surface area (Å²) in [4.78, 5) is 25.7. The first-order chi connectivity index (χ1) is 13.7. The molecule has 1 aliphatic heterocycles. The number of ether oxygens (including phenoxy) is 1. The Balaban J connectivity index is 2.39. The largest absolute Gasteiger partial charge is 0.545 e. The molecule has 0 aromatic heterocycles. The first kappa shape index (κ1) is 20.5. The number of carboxylic acid groups (broad SMARTS) is 1. The summed E-state index contributed by atoms with van der Waals surface area (Å²) in [6, 6.07) is 8.73. The van der Waals surface area contributed by atoms with Crippen LogP contribution < -0.4 is 9.84 Å². The fourth-order valence-electron chi connectivity index (χ4n) is 3.87. The number of fused-ring (bicyclic) bond motifs is 1. The Morgan fingerprint density at radius 1 is 1.28 bits per heavy atom. The Bertz CT molecular complexity index is 987. The van der Waals surface area contributed by atoms with E-state index in [9.17, 15) is 24.2 Å². The number of aliphatic hydroxyl groups is 1. The standard InChI is InChI=1S/C22H22FNO5/c1-13(2)24-19(10-11-20(25)26)22(28,16-7-5-4-6-15(16)21(24)27)17-9-8-14(23)12-18(17)29-3/h4-13,19,28H,1-3H3,(H,25,26)/p-1/b11-10+. The second kappa shape index (κ2) is 7.67. The summed E-state index contributed by atoms with van der Waals surface area (Å²) in [6.45, 7) is 3.52. The summed E-state index contributed by atoms with van der Waals surface area (Å²) in [5.74, 6) is -2.30. The third kappa shape index (κ3) is 3.38. The molecule has 1 aliphatic rings. The second-order valence-corrected chi connectivity index (χ2v) is 7.09. The van der Waals surface area contributed by atoms with E-state index < -0.39 is 23.4 Å². The molecule has 2 atom stereocenters. The van der Waals surface area contributed by atoms with Gasteiger partial charge in [0.1, 0.15) is 17.2 Å². The molecule has 0 spiro atoms. The van der Waals surface area contributed by atoms with Crippen molar-refractivity contribution in [3.8, 4) is 5.75 Å². The normalized spacial score (nSPS) is 21.5. The van der Waals surface area contributed by atoms with Gasteiger partial charge < -0.3 is 24.6 Å². The highest BCUT2D eigenvalue weighted by Gasteiger charge is 2.51. The van der Waals surface area contributed by atoms with E-state index in [1.807, 2.05) is 0 Å². The summed E-state index contributed by atoms with van der Waals surface area (Å²) in [6.07, 6.45) is 1.99. The number of methoxy groups -OCH3 is 1. The molecule has 1 amide bonds. The molecule has 0 bridgehead atoms. The van der Waals surface area contributed by atoms with E-state index in [0.717, 1.165) is 12.1 Å². The van der Waals surface area contributed by atoms with Crippen molar-refractivity contribution in [1.29, 1.82) is 0 Å². The maximum Gasteiger partial charge on any atom is 0.255 e. The molecule has 6 nitrogen and oxygen atoms in total. The van der Waals surface area contributed by atoms with E-state index >= 15 is 0 Å². The van der Waals surface area contributed by atoms with Crippen LogP contribution in [0.2, 0.25) is 0 Å². The fourth-order valence-corrected chi connectivity index (χ4v) is 3.87. The van der Waals surface area contributed by atoms with Gasteiger partial charge in [0, 0.05) is 28.8 Å². The van der Waals surface area contributed by atoms with Crippen molar-refractivity contribution in [1.82, 2.24) is 4.90 Å². The highest BCUT2D eigenvalue weighted by molar-refractivity contribution is 5.98. The molecule has 3 rings (SSSR count). The minimum absolute atomic E-state index is 0.0761. The zero-order valence-electron chi connectivity index (χ0n) is 16.3. The number of nitrogens with zero attached hydrogens (tertiary/aromatic N) is 1. The van der Waals surface area contributed by atoms with E-state index in [2.05, 4.69) is 0 Å². The van der Waals surface area contributed by atoms with Crippen LogP contribution in [0.15, 0.2) is 54.6 Å². The zero-order valence-corrected chi connectivity index (χ0v) is 16.3. The smallest absolute Gasteiger partial charge is 0.255 e. The number of halogens is 1. The Morgan fingerprint density at radius 3 is 2.59 bits per heavy atom. The molecule has 2 aromatic carbocycles. The number of carboxylic acids is 1. The van der Waals surface area contributed by atoms with Gasteiger partial charge in [0.15, 0.2) is 0 Å². The number of rotatable bonds is 5. The van der Waals surface area contributed by atoms with Gasteiger partial charge in [-0.25, -0.2) is 4.39 Å². The van der Waals surface area contributed by atoms with Crippen LogP contribution >= 0.6 is 0 Å². The van der Waals surface area contributed by atoms with Crippen LogP contribution in [0, 0.1) is 5.82 Å². The first-order valence-electron chi connectivity index (χ1n) is 9.09. The molecule has 0 saturated carbocycles. The summed E-state index contributed by atoms with van der Waals surface area (Å²) in [5, 5.41) is 23.2. The predicted molar refractivity (Wildman–Crippen MR) is 102 cm³/mol. The van der Waals surface area contributed by atoms with Crippen LogP contribution in [0.25, 0.3) is 0 Å². The van der Waals surface area contributed by atoms with Gasteiger partial charge in [-0.15, -0.1) is 0 Å². The van der Waals surface area contributed by atoms with E-state index in [0.29, 0.717) is 0 Å². The van der Waals surface area contributed by atoms with Crippen molar-refractivity contribution in [2.24, 2.45) is 0 Å². The van der Waals surface area contributed by atoms with Crippen LogP contribution in [0.3, 0.4) is 0 Å². The van der Waals surface area contributed by atoms with E-state index in [4.69, 9.17) is 4.74 Å². The maximum atomic E-state index is 13.8. The molecule has 0 saturated heterocycles. The Hall–Kier alpha value is -3.19. The van der Waals surface area contributed by atoms with Gasteiger partial charge in [0.05, 0.1) is 19.1 Å². The van der Waals surface area contributed by atoms with Crippen molar-refractivity contribution >= 4 is 11.9 Å². The lowest BCUT2D eigenvalue weighted by molar-refractivity contribution is -0.297. The second-order valence-electron chi connectivity index (χ2n) is 7.09. The van der Waals surface area contributed by atoms with E-state index in [1.165, 1.54) is 30.2 Å². The molecular formula is C22H21FNO5-. The highest BCUT2D eigenvalue weighted by Crippen LogP contribution is 2.46. The number of benzene rings is 2. The van der Waals surface area contributed by atoms with E-state index in [-0.39, 0.29) is 34.4 Å². The Morgan fingerprint density at radius 2 is 1.97 bits per heavy atom. The number of aliphatic carboxylic acids is 1. The SMILES string of the molecule is COc1cc(F)ccc1C1(O)c2ccccc2C(=O)N(C(C)C)C1/C=C/C(=O)[O-]. The average Bonchev–Trinajstić information content (AvgIpc) is 2.68. The molecule has 7 heteroatoms. The molecule has 1 N–H and O–H groups in total. The van der Waals surface area contributed by atoms with Crippen LogP contribution in [0.5, 0.6) is 5.75 Å². The lowest BCUT2D eigenvalue weighted by atomic mass is 9.73. The number of amides is 1. The fraction of sp³-hybridized carbons (Fsp3) is 0.273. The quantitative estimate of drug-likeness (QED) is 0.773. The number of carbonyl (C=O) groups is 2. The van der Waals surface area contributed by atoms with Crippen molar-refractivity contribution < 1.29 is 28.9 Å². The third-order valence-electron chi connectivity index (χ3n) is 5.08. The molecule has 0 radical (unpaired) electrons. The van der Waals surface area contributed by atoms with E-state index in [1.54, 1.807) is 38.1 Å². The lowest BCUT2D eigenvalue weighted by Gasteiger charge is -2.48. The van der Waals surface area contributed by atoms with Crippen LogP contribution in [0.1, 0.15) is 35.3 Å². The summed E-state index contributed by atoms with van der Waals surface area (Å²) < 4.78 is 19.1. The monoisotopic (exact) mass is 398 g/mol.